The maximum absolute atomic E-state index is 13.6. The molecule has 1 amide bonds. The van der Waals surface area contributed by atoms with E-state index in [1.807, 2.05) is 37.3 Å². The first kappa shape index (κ1) is 21.6. The summed E-state index contributed by atoms with van der Waals surface area (Å²) in [5.74, 6) is -0.100. The molecule has 1 aliphatic heterocycles. The molecule has 0 aliphatic carbocycles. The number of likely N-dealkylation sites (N-methyl/N-ethyl adjacent to an activating group) is 1. The van der Waals surface area contributed by atoms with Gasteiger partial charge in [0.2, 0.25) is 5.76 Å². The standard InChI is InChI=1S/C25H27ClN2O3/c1-4-16-10-11-20-19(14-16)23(29)21-22(17-8-7-9-18(26)15-17)28(25(30)24(21)31-20)13-12-27(5-2)6-3/h7-11,14-15,22H,4-6,12-13H2,1-3H3. The number of rotatable bonds is 7. The van der Waals surface area contributed by atoms with Crippen LogP contribution in [0.15, 0.2) is 51.7 Å². The highest BCUT2D eigenvalue weighted by molar-refractivity contribution is 6.30. The van der Waals surface area contributed by atoms with Gasteiger partial charge in [0.1, 0.15) is 5.58 Å². The number of carbonyl (C=O) groups is 1. The van der Waals surface area contributed by atoms with Crippen LogP contribution in [0.4, 0.5) is 0 Å². The predicted molar refractivity (Wildman–Crippen MR) is 124 cm³/mol. The summed E-state index contributed by atoms with van der Waals surface area (Å²) in [5.41, 5.74) is 2.59. The van der Waals surface area contributed by atoms with Crippen LogP contribution in [0.1, 0.15) is 54.1 Å². The third kappa shape index (κ3) is 3.88. The quantitative estimate of drug-likeness (QED) is 0.526. The minimum Gasteiger partial charge on any atom is -0.450 e. The zero-order valence-electron chi connectivity index (χ0n) is 18.2. The average Bonchev–Trinajstić information content (AvgIpc) is 3.06. The Morgan fingerprint density at radius 2 is 1.84 bits per heavy atom. The van der Waals surface area contributed by atoms with Crippen LogP contribution >= 0.6 is 11.6 Å². The molecule has 0 saturated carbocycles. The van der Waals surface area contributed by atoms with Crippen molar-refractivity contribution in [3.05, 3.63) is 80.2 Å². The number of amides is 1. The smallest absolute Gasteiger partial charge is 0.290 e. The second-order valence-corrected chi connectivity index (χ2v) is 8.28. The molecule has 1 aliphatic rings. The minimum absolute atomic E-state index is 0.143. The highest BCUT2D eigenvalue weighted by Gasteiger charge is 2.42. The molecule has 0 bridgehead atoms. The van der Waals surface area contributed by atoms with E-state index in [-0.39, 0.29) is 17.1 Å². The van der Waals surface area contributed by atoms with Crippen LogP contribution in [0.3, 0.4) is 0 Å². The second-order valence-electron chi connectivity index (χ2n) is 7.84. The lowest BCUT2D eigenvalue weighted by Crippen LogP contribution is -2.37. The van der Waals surface area contributed by atoms with E-state index in [1.54, 1.807) is 17.0 Å². The first-order chi connectivity index (χ1) is 15.0. The van der Waals surface area contributed by atoms with Gasteiger partial charge in [-0.3, -0.25) is 9.59 Å². The maximum atomic E-state index is 13.6. The SMILES string of the molecule is CCc1ccc2oc3c(c(=O)c2c1)C(c1cccc(Cl)c1)N(CCN(CC)CC)C3=O. The highest BCUT2D eigenvalue weighted by Crippen LogP contribution is 2.38. The van der Waals surface area contributed by atoms with Crippen LogP contribution in [0.5, 0.6) is 0 Å². The Morgan fingerprint density at radius 3 is 2.52 bits per heavy atom. The molecule has 0 N–H and O–H groups in total. The van der Waals surface area contributed by atoms with Crippen LogP contribution < -0.4 is 5.43 Å². The lowest BCUT2D eigenvalue weighted by molar-refractivity contribution is 0.0708. The summed E-state index contributed by atoms with van der Waals surface area (Å²) in [6, 6.07) is 12.5. The second kappa shape index (κ2) is 8.85. The summed E-state index contributed by atoms with van der Waals surface area (Å²) in [7, 11) is 0. The monoisotopic (exact) mass is 438 g/mol. The lowest BCUT2D eigenvalue weighted by atomic mass is 9.98. The van der Waals surface area contributed by atoms with Gasteiger partial charge in [0.05, 0.1) is 17.0 Å². The van der Waals surface area contributed by atoms with E-state index in [9.17, 15) is 9.59 Å². The Hall–Kier alpha value is -2.63. The fraction of sp³-hybridized carbons (Fsp3) is 0.360. The number of fused-ring (bicyclic) bond motifs is 2. The average molecular weight is 439 g/mol. The van der Waals surface area contributed by atoms with Gasteiger partial charge in [-0.05, 0) is 54.9 Å². The van der Waals surface area contributed by atoms with Crippen molar-refractivity contribution in [1.82, 2.24) is 9.80 Å². The fourth-order valence-corrected chi connectivity index (χ4v) is 4.53. The molecule has 6 heteroatoms. The maximum Gasteiger partial charge on any atom is 0.290 e. The summed E-state index contributed by atoms with van der Waals surface area (Å²) in [4.78, 5) is 31.0. The fourth-order valence-electron chi connectivity index (χ4n) is 4.33. The van der Waals surface area contributed by atoms with Crippen LogP contribution in [0.25, 0.3) is 11.0 Å². The van der Waals surface area contributed by atoms with Gasteiger partial charge < -0.3 is 14.2 Å². The number of carbonyl (C=O) groups excluding carboxylic acids is 1. The van der Waals surface area contributed by atoms with E-state index in [0.717, 1.165) is 37.2 Å². The van der Waals surface area contributed by atoms with Crippen LogP contribution in [0.2, 0.25) is 5.02 Å². The van der Waals surface area contributed by atoms with E-state index >= 15 is 0 Å². The van der Waals surface area contributed by atoms with Crippen molar-refractivity contribution in [2.24, 2.45) is 0 Å². The Morgan fingerprint density at radius 1 is 1.06 bits per heavy atom. The van der Waals surface area contributed by atoms with E-state index in [1.165, 1.54) is 0 Å². The predicted octanol–water partition coefficient (Wildman–Crippen LogP) is 4.90. The van der Waals surface area contributed by atoms with Gasteiger partial charge in [0, 0.05) is 18.1 Å². The zero-order chi connectivity index (χ0) is 22.1. The summed E-state index contributed by atoms with van der Waals surface area (Å²) in [5, 5.41) is 1.09. The molecule has 31 heavy (non-hydrogen) atoms. The van der Waals surface area contributed by atoms with Crippen LogP contribution in [-0.4, -0.2) is 41.9 Å². The first-order valence-electron chi connectivity index (χ1n) is 10.9. The van der Waals surface area contributed by atoms with Crippen molar-refractivity contribution >= 4 is 28.5 Å². The van der Waals surface area contributed by atoms with Crippen LogP contribution in [0, 0.1) is 0 Å². The third-order valence-electron chi connectivity index (χ3n) is 6.15. The van der Waals surface area contributed by atoms with Gasteiger partial charge in [-0.15, -0.1) is 0 Å². The molecule has 2 aromatic carbocycles. The molecule has 162 valence electrons. The molecular weight excluding hydrogens is 412 g/mol. The molecular formula is C25H27ClN2O3. The van der Waals surface area contributed by atoms with Gasteiger partial charge >= 0.3 is 0 Å². The first-order valence-corrected chi connectivity index (χ1v) is 11.2. The number of aryl methyl sites for hydroxylation is 1. The van der Waals surface area contributed by atoms with Gasteiger partial charge in [-0.1, -0.05) is 50.6 Å². The largest absolute Gasteiger partial charge is 0.450 e. The number of hydrogen-bond acceptors (Lipinski definition) is 4. The molecule has 1 aromatic heterocycles. The summed E-state index contributed by atoms with van der Waals surface area (Å²) in [6.45, 7) is 9.25. The molecule has 0 fully saturated rings. The lowest BCUT2D eigenvalue weighted by Gasteiger charge is -2.28. The Bertz CT molecular complexity index is 1180. The third-order valence-corrected chi connectivity index (χ3v) is 6.39. The van der Waals surface area contributed by atoms with Gasteiger partial charge in [-0.2, -0.15) is 0 Å². The van der Waals surface area contributed by atoms with Crippen molar-refractivity contribution in [2.45, 2.75) is 33.2 Å². The summed E-state index contributed by atoms with van der Waals surface area (Å²) < 4.78 is 6.03. The van der Waals surface area contributed by atoms with Gasteiger partial charge in [-0.25, -0.2) is 0 Å². The molecule has 5 nitrogen and oxygen atoms in total. The Kier molecular flexibility index (Phi) is 6.17. The van der Waals surface area contributed by atoms with Crippen molar-refractivity contribution in [2.75, 3.05) is 26.2 Å². The molecule has 2 heterocycles. The van der Waals surface area contributed by atoms with Gasteiger partial charge in [0.25, 0.3) is 5.91 Å². The van der Waals surface area contributed by atoms with Crippen molar-refractivity contribution < 1.29 is 9.21 Å². The number of benzene rings is 2. The molecule has 1 atom stereocenters. The number of halogens is 1. The number of hydrogen-bond donors (Lipinski definition) is 0. The molecule has 0 spiro atoms. The van der Waals surface area contributed by atoms with E-state index in [0.29, 0.717) is 28.1 Å². The summed E-state index contributed by atoms with van der Waals surface area (Å²) >= 11 is 6.27. The van der Waals surface area contributed by atoms with Gasteiger partial charge in [0.15, 0.2) is 5.43 Å². The van der Waals surface area contributed by atoms with E-state index < -0.39 is 6.04 Å². The van der Waals surface area contributed by atoms with Crippen molar-refractivity contribution in [3.63, 3.8) is 0 Å². The zero-order valence-corrected chi connectivity index (χ0v) is 18.9. The summed E-state index contributed by atoms with van der Waals surface area (Å²) in [6.07, 6.45) is 0.819. The minimum atomic E-state index is -0.511. The molecule has 0 radical (unpaired) electrons. The highest BCUT2D eigenvalue weighted by atomic mass is 35.5. The Balaban J connectivity index is 1.89. The van der Waals surface area contributed by atoms with Crippen LogP contribution in [-0.2, 0) is 6.42 Å². The topological polar surface area (TPSA) is 53.8 Å². The molecule has 4 rings (SSSR count). The van der Waals surface area contributed by atoms with E-state index in [4.69, 9.17) is 16.0 Å². The molecule has 3 aromatic rings. The number of nitrogens with zero attached hydrogens (tertiary/aromatic N) is 2. The normalized spacial score (nSPS) is 15.8. The van der Waals surface area contributed by atoms with E-state index in [2.05, 4.69) is 18.7 Å². The molecule has 0 saturated heterocycles. The Labute approximate surface area is 187 Å². The van der Waals surface area contributed by atoms with Crippen molar-refractivity contribution in [3.8, 4) is 0 Å². The molecule has 1 unspecified atom stereocenters. The van der Waals surface area contributed by atoms with Crippen molar-refractivity contribution in [1.29, 1.82) is 0 Å².